The van der Waals surface area contributed by atoms with Crippen LogP contribution in [0.15, 0.2) is 12.7 Å². The van der Waals surface area contributed by atoms with Crippen LogP contribution in [-0.2, 0) is 14.3 Å². The first-order valence-corrected chi connectivity index (χ1v) is 7.85. The van der Waals surface area contributed by atoms with Crippen molar-refractivity contribution in [3.8, 4) is 0 Å². The number of carbonyl (C=O) groups excluding carboxylic acids is 1. The van der Waals surface area contributed by atoms with E-state index in [1.165, 1.54) is 4.90 Å². The number of allylic oxidation sites excluding steroid dienone is 1. The van der Waals surface area contributed by atoms with E-state index in [1.807, 2.05) is 19.9 Å². The van der Waals surface area contributed by atoms with Crippen LogP contribution in [-0.4, -0.2) is 57.9 Å². The zero-order chi connectivity index (χ0) is 16.7. The number of nitrogens with zero attached hydrogens (tertiary/aromatic N) is 1. The first kappa shape index (κ1) is 18.6. The lowest BCUT2D eigenvalue weighted by atomic mass is 10.1. The summed E-state index contributed by atoms with van der Waals surface area (Å²) < 4.78 is 5.85. The molecule has 1 fully saturated rings. The van der Waals surface area contributed by atoms with Gasteiger partial charge in [0.2, 0.25) is 5.91 Å². The largest absolute Gasteiger partial charge is 0.480 e. The van der Waals surface area contributed by atoms with Gasteiger partial charge in [0.15, 0.2) is 0 Å². The molecule has 1 saturated heterocycles. The van der Waals surface area contributed by atoms with Gasteiger partial charge in [0.05, 0.1) is 24.7 Å². The molecule has 0 spiro atoms. The van der Waals surface area contributed by atoms with E-state index < -0.39 is 18.1 Å². The van der Waals surface area contributed by atoms with E-state index in [1.54, 1.807) is 0 Å². The van der Waals surface area contributed by atoms with Gasteiger partial charge in [0.1, 0.15) is 6.04 Å². The number of hydrogen-bond acceptors (Lipinski definition) is 4. The summed E-state index contributed by atoms with van der Waals surface area (Å²) in [5, 5.41) is 18.7. The van der Waals surface area contributed by atoms with Gasteiger partial charge in [0.25, 0.3) is 0 Å². The molecule has 0 aromatic rings. The molecular formula is C16H27NO5. The van der Waals surface area contributed by atoms with E-state index in [4.69, 9.17) is 9.84 Å². The van der Waals surface area contributed by atoms with Crippen molar-refractivity contribution in [3.63, 3.8) is 0 Å². The molecule has 6 heteroatoms. The third-order valence-electron chi connectivity index (χ3n) is 3.94. The molecule has 22 heavy (non-hydrogen) atoms. The predicted octanol–water partition coefficient (Wildman–Crippen LogP) is 1.57. The molecule has 0 bridgehead atoms. The summed E-state index contributed by atoms with van der Waals surface area (Å²) >= 11 is 0. The fraction of sp³-hybridized carbons (Fsp3) is 0.750. The fourth-order valence-corrected chi connectivity index (χ4v) is 2.67. The topological polar surface area (TPSA) is 87.1 Å². The quantitative estimate of drug-likeness (QED) is 0.631. The van der Waals surface area contributed by atoms with Crippen molar-refractivity contribution in [2.75, 3.05) is 6.54 Å². The van der Waals surface area contributed by atoms with Crippen molar-refractivity contribution in [3.05, 3.63) is 12.7 Å². The third kappa shape index (κ3) is 5.42. The Morgan fingerprint density at radius 2 is 2.18 bits per heavy atom. The first-order chi connectivity index (χ1) is 10.4. The van der Waals surface area contributed by atoms with E-state index >= 15 is 0 Å². The van der Waals surface area contributed by atoms with Gasteiger partial charge in [0, 0.05) is 13.0 Å². The minimum absolute atomic E-state index is 0.0233. The monoisotopic (exact) mass is 313 g/mol. The number of carbonyl (C=O) groups is 2. The number of aliphatic hydroxyl groups is 1. The Kier molecular flexibility index (Phi) is 7.55. The lowest BCUT2D eigenvalue weighted by molar-refractivity contribution is -0.149. The Morgan fingerprint density at radius 3 is 2.73 bits per heavy atom. The average Bonchev–Trinajstić information content (AvgIpc) is 2.86. The second-order valence-corrected chi connectivity index (χ2v) is 5.84. The maximum Gasteiger partial charge on any atom is 0.326 e. The van der Waals surface area contributed by atoms with Crippen LogP contribution in [0.4, 0.5) is 0 Å². The summed E-state index contributed by atoms with van der Waals surface area (Å²) in [6, 6.07) is -0.932. The molecule has 1 amide bonds. The van der Waals surface area contributed by atoms with Gasteiger partial charge in [-0.2, -0.15) is 0 Å². The van der Waals surface area contributed by atoms with E-state index in [9.17, 15) is 14.7 Å². The van der Waals surface area contributed by atoms with E-state index in [-0.39, 0.29) is 37.5 Å². The standard InChI is InChI=1S/C16H27NO5/c1-4-6-7-11(3)22-13(5-2)9-15(19)17-10-12(18)8-14(17)16(20)21/h4,11-14,18H,1,5-10H2,2-3H3,(H,20,21)/t11-,12-,13+,14+/m1/s1. The smallest absolute Gasteiger partial charge is 0.326 e. The van der Waals surface area contributed by atoms with Gasteiger partial charge in [-0.05, 0) is 26.2 Å². The number of carboxylic acid groups (broad SMARTS) is 1. The second-order valence-electron chi connectivity index (χ2n) is 5.84. The van der Waals surface area contributed by atoms with Crippen molar-refractivity contribution in [1.29, 1.82) is 0 Å². The lowest BCUT2D eigenvalue weighted by Crippen LogP contribution is -2.42. The van der Waals surface area contributed by atoms with Crippen LogP contribution in [0, 0.1) is 0 Å². The van der Waals surface area contributed by atoms with Gasteiger partial charge in [-0.15, -0.1) is 6.58 Å². The highest BCUT2D eigenvalue weighted by molar-refractivity contribution is 5.84. The summed E-state index contributed by atoms with van der Waals surface area (Å²) in [6.07, 6.45) is 3.46. The Balaban J connectivity index is 2.56. The number of aliphatic carboxylic acids is 1. The zero-order valence-corrected chi connectivity index (χ0v) is 13.4. The molecule has 1 aliphatic rings. The summed E-state index contributed by atoms with van der Waals surface area (Å²) in [4.78, 5) is 24.8. The Bertz CT molecular complexity index is 398. The first-order valence-electron chi connectivity index (χ1n) is 7.85. The Morgan fingerprint density at radius 1 is 1.50 bits per heavy atom. The van der Waals surface area contributed by atoms with Crippen molar-refractivity contribution in [1.82, 2.24) is 4.90 Å². The van der Waals surface area contributed by atoms with Gasteiger partial charge < -0.3 is 19.8 Å². The van der Waals surface area contributed by atoms with Gasteiger partial charge >= 0.3 is 5.97 Å². The highest BCUT2D eigenvalue weighted by atomic mass is 16.5. The van der Waals surface area contributed by atoms with Gasteiger partial charge in [-0.25, -0.2) is 4.79 Å². The van der Waals surface area contributed by atoms with E-state index in [0.717, 1.165) is 12.8 Å². The number of ether oxygens (including phenoxy) is 1. The molecule has 0 saturated carbocycles. The molecule has 1 aliphatic heterocycles. The minimum atomic E-state index is -1.07. The predicted molar refractivity (Wildman–Crippen MR) is 82.4 cm³/mol. The van der Waals surface area contributed by atoms with Gasteiger partial charge in [-0.3, -0.25) is 4.79 Å². The lowest BCUT2D eigenvalue weighted by Gasteiger charge is -2.25. The van der Waals surface area contributed by atoms with Gasteiger partial charge in [-0.1, -0.05) is 13.0 Å². The molecule has 6 nitrogen and oxygen atoms in total. The number of hydrogen-bond donors (Lipinski definition) is 2. The fourth-order valence-electron chi connectivity index (χ4n) is 2.67. The summed E-state index contributed by atoms with van der Waals surface area (Å²) in [7, 11) is 0. The zero-order valence-electron chi connectivity index (χ0n) is 13.4. The van der Waals surface area contributed by atoms with Crippen LogP contribution in [0.3, 0.4) is 0 Å². The van der Waals surface area contributed by atoms with Crippen LogP contribution in [0.2, 0.25) is 0 Å². The molecule has 0 aromatic carbocycles. The van der Waals surface area contributed by atoms with E-state index in [2.05, 4.69) is 6.58 Å². The molecule has 1 heterocycles. The maximum absolute atomic E-state index is 12.3. The van der Waals surface area contributed by atoms with Crippen LogP contribution >= 0.6 is 0 Å². The van der Waals surface area contributed by atoms with Crippen LogP contribution in [0.1, 0.15) is 46.0 Å². The van der Waals surface area contributed by atoms with Crippen LogP contribution in [0.5, 0.6) is 0 Å². The number of β-amino-alcohol motifs (C(OH)–C–C–N with tert-alkyl or cyclic N) is 1. The van der Waals surface area contributed by atoms with Crippen LogP contribution in [0.25, 0.3) is 0 Å². The normalized spacial score (nSPS) is 24.0. The molecule has 4 atom stereocenters. The minimum Gasteiger partial charge on any atom is -0.480 e. The highest BCUT2D eigenvalue weighted by Crippen LogP contribution is 2.21. The third-order valence-corrected chi connectivity index (χ3v) is 3.94. The number of likely N-dealkylation sites (tertiary alicyclic amines) is 1. The number of aliphatic hydroxyl groups excluding tert-OH is 1. The van der Waals surface area contributed by atoms with Crippen molar-refractivity contribution < 1.29 is 24.5 Å². The number of amides is 1. The molecule has 0 radical (unpaired) electrons. The molecule has 0 aromatic heterocycles. The highest BCUT2D eigenvalue weighted by Gasteiger charge is 2.39. The second kappa shape index (κ2) is 8.90. The molecule has 0 unspecified atom stereocenters. The average molecular weight is 313 g/mol. The Labute approximate surface area is 131 Å². The van der Waals surface area contributed by atoms with Crippen molar-refractivity contribution in [2.24, 2.45) is 0 Å². The SMILES string of the molecule is C=CCC[C@@H](C)O[C@@H](CC)CC(=O)N1C[C@H](O)C[C@H]1C(=O)O. The van der Waals surface area contributed by atoms with E-state index in [0.29, 0.717) is 6.42 Å². The molecule has 0 aliphatic carbocycles. The number of carboxylic acids is 1. The summed E-state index contributed by atoms with van der Waals surface area (Å²) in [6.45, 7) is 7.64. The molecule has 126 valence electrons. The summed E-state index contributed by atoms with van der Waals surface area (Å²) in [5.74, 6) is -1.34. The molecule has 1 rings (SSSR count). The Hall–Kier alpha value is -1.40. The summed E-state index contributed by atoms with van der Waals surface area (Å²) in [5.41, 5.74) is 0. The molecular weight excluding hydrogens is 286 g/mol. The van der Waals surface area contributed by atoms with Crippen molar-refractivity contribution in [2.45, 2.75) is 70.3 Å². The number of rotatable bonds is 9. The molecule has 2 N–H and O–H groups in total. The maximum atomic E-state index is 12.3. The van der Waals surface area contributed by atoms with Crippen LogP contribution < -0.4 is 0 Å². The van der Waals surface area contributed by atoms with Crippen molar-refractivity contribution >= 4 is 11.9 Å².